The highest BCUT2D eigenvalue weighted by molar-refractivity contribution is 5.93. The maximum absolute atomic E-state index is 12.0. The summed E-state index contributed by atoms with van der Waals surface area (Å²) in [5.41, 5.74) is 3.09. The van der Waals surface area contributed by atoms with Crippen molar-refractivity contribution in [1.29, 1.82) is 0 Å². The summed E-state index contributed by atoms with van der Waals surface area (Å²) in [6, 6.07) is 27.0. The van der Waals surface area contributed by atoms with Crippen LogP contribution in [0.4, 0.5) is 0 Å². The quantitative estimate of drug-likeness (QED) is 0.453. The molecular formula is C23H18O3. The van der Waals surface area contributed by atoms with Crippen molar-refractivity contribution in [2.24, 2.45) is 0 Å². The summed E-state index contributed by atoms with van der Waals surface area (Å²) >= 11 is 0. The van der Waals surface area contributed by atoms with Gasteiger partial charge in [-0.05, 0) is 35.7 Å². The van der Waals surface area contributed by atoms with Crippen molar-refractivity contribution in [1.82, 2.24) is 0 Å². The van der Waals surface area contributed by atoms with Gasteiger partial charge in [0, 0.05) is 17.5 Å². The third-order valence-electron chi connectivity index (χ3n) is 4.38. The van der Waals surface area contributed by atoms with E-state index in [0.717, 1.165) is 22.1 Å². The first-order chi connectivity index (χ1) is 12.7. The number of hydrogen-bond donors (Lipinski definition) is 0. The van der Waals surface area contributed by atoms with E-state index >= 15 is 0 Å². The molecule has 3 nitrogen and oxygen atoms in total. The molecule has 0 aliphatic heterocycles. The minimum Gasteiger partial charge on any atom is -0.486 e. The highest BCUT2D eigenvalue weighted by Crippen LogP contribution is 2.31. The summed E-state index contributed by atoms with van der Waals surface area (Å²) in [7, 11) is 0. The van der Waals surface area contributed by atoms with E-state index in [4.69, 9.17) is 9.15 Å². The first-order valence-electron chi connectivity index (χ1n) is 8.55. The van der Waals surface area contributed by atoms with Gasteiger partial charge in [0.05, 0.1) is 0 Å². The molecule has 3 heteroatoms. The summed E-state index contributed by atoms with van der Waals surface area (Å²) < 4.78 is 11.4. The van der Waals surface area contributed by atoms with Gasteiger partial charge in [-0.1, -0.05) is 60.7 Å². The maximum atomic E-state index is 12.0. The Morgan fingerprint density at radius 1 is 0.846 bits per heavy atom. The fraction of sp³-hybridized carbons (Fsp3) is 0.0870. The number of fused-ring (bicyclic) bond motifs is 1. The Morgan fingerprint density at radius 3 is 2.27 bits per heavy atom. The molecule has 1 heterocycles. The van der Waals surface area contributed by atoms with Crippen LogP contribution in [0.15, 0.2) is 94.1 Å². The first-order valence-corrected chi connectivity index (χ1v) is 8.55. The Bertz CT molecular complexity index is 1080. The lowest BCUT2D eigenvalue weighted by molar-refractivity contribution is 0.227. The van der Waals surface area contributed by atoms with Crippen LogP contribution in [0.25, 0.3) is 22.1 Å². The van der Waals surface area contributed by atoms with Crippen LogP contribution >= 0.6 is 0 Å². The van der Waals surface area contributed by atoms with Crippen LogP contribution in [-0.2, 0) is 0 Å². The number of benzene rings is 3. The molecule has 0 amide bonds. The number of ether oxygens (including phenoxy) is 1. The largest absolute Gasteiger partial charge is 0.486 e. The topological polar surface area (TPSA) is 39.4 Å². The number of rotatable bonds is 4. The smallest absolute Gasteiger partial charge is 0.336 e. The molecule has 1 aromatic heterocycles. The second-order valence-electron chi connectivity index (χ2n) is 6.17. The molecule has 0 saturated heterocycles. The van der Waals surface area contributed by atoms with E-state index in [2.05, 4.69) is 0 Å². The van der Waals surface area contributed by atoms with Crippen molar-refractivity contribution in [2.75, 3.05) is 0 Å². The molecule has 128 valence electrons. The van der Waals surface area contributed by atoms with Gasteiger partial charge in [0.1, 0.15) is 17.4 Å². The van der Waals surface area contributed by atoms with Crippen LogP contribution < -0.4 is 10.4 Å². The van der Waals surface area contributed by atoms with Crippen LogP contribution in [-0.4, -0.2) is 0 Å². The molecule has 3 aromatic carbocycles. The van der Waals surface area contributed by atoms with Gasteiger partial charge in [-0.15, -0.1) is 0 Å². The minimum atomic E-state index is -0.371. The van der Waals surface area contributed by atoms with Crippen LogP contribution in [0.3, 0.4) is 0 Å². The summed E-state index contributed by atoms with van der Waals surface area (Å²) in [4.78, 5) is 12.0. The van der Waals surface area contributed by atoms with Crippen molar-refractivity contribution in [2.45, 2.75) is 13.0 Å². The Morgan fingerprint density at radius 2 is 1.54 bits per heavy atom. The molecule has 0 bridgehead atoms. The van der Waals surface area contributed by atoms with Crippen molar-refractivity contribution >= 4 is 11.0 Å². The zero-order chi connectivity index (χ0) is 17.9. The third-order valence-corrected chi connectivity index (χ3v) is 4.38. The van der Waals surface area contributed by atoms with Gasteiger partial charge in [0.15, 0.2) is 0 Å². The predicted octanol–water partition coefficient (Wildman–Crippen LogP) is 5.60. The molecule has 1 unspecified atom stereocenters. The molecule has 0 N–H and O–H groups in total. The molecule has 4 rings (SSSR count). The van der Waals surface area contributed by atoms with E-state index < -0.39 is 0 Å². The van der Waals surface area contributed by atoms with Crippen molar-refractivity contribution in [3.63, 3.8) is 0 Å². The number of hydrogen-bond acceptors (Lipinski definition) is 3. The van der Waals surface area contributed by atoms with Crippen LogP contribution in [0.1, 0.15) is 18.6 Å². The molecule has 4 aromatic rings. The Labute approximate surface area is 151 Å². The highest BCUT2D eigenvalue weighted by atomic mass is 16.5. The molecule has 0 aliphatic rings. The van der Waals surface area contributed by atoms with E-state index in [1.165, 1.54) is 6.07 Å². The standard InChI is InChI=1S/C23H18O3/c1-16(17-8-4-2-5-9-17)25-19-12-13-20-21(18-10-6-3-7-11-18)15-23(24)26-22(20)14-19/h2-16H,1H3. The maximum Gasteiger partial charge on any atom is 0.336 e. The normalized spacial score (nSPS) is 12.0. The lowest BCUT2D eigenvalue weighted by Gasteiger charge is -2.15. The lowest BCUT2D eigenvalue weighted by Crippen LogP contribution is -2.03. The van der Waals surface area contributed by atoms with E-state index in [-0.39, 0.29) is 11.7 Å². The highest BCUT2D eigenvalue weighted by Gasteiger charge is 2.11. The first kappa shape index (κ1) is 16.2. The second kappa shape index (κ2) is 6.89. The van der Waals surface area contributed by atoms with Gasteiger partial charge >= 0.3 is 5.63 Å². The molecule has 26 heavy (non-hydrogen) atoms. The molecule has 0 spiro atoms. The van der Waals surface area contributed by atoms with Gasteiger partial charge in [0.25, 0.3) is 0 Å². The summed E-state index contributed by atoms with van der Waals surface area (Å²) in [5.74, 6) is 0.669. The monoisotopic (exact) mass is 342 g/mol. The Hall–Kier alpha value is -3.33. The molecule has 0 saturated carbocycles. The van der Waals surface area contributed by atoms with E-state index in [9.17, 15) is 4.79 Å². The van der Waals surface area contributed by atoms with Gasteiger partial charge in [-0.2, -0.15) is 0 Å². The molecule has 0 aliphatic carbocycles. The van der Waals surface area contributed by atoms with Gasteiger partial charge in [0.2, 0.25) is 0 Å². The summed E-state index contributed by atoms with van der Waals surface area (Å²) in [6.07, 6.45) is -0.0994. The van der Waals surface area contributed by atoms with Crippen molar-refractivity contribution in [3.05, 3.63) is 101 Å². The second-order valence-corrected chi connectivity index (χ2v) is 6.17. The SMILES string of the molecule is CC(Oc1ccc2c(-c3ccccc3)cc(=O)oc2c1)c1ccccc1. The molecular weight excluding hydrogens is 324 g/mol. The molecule has 0 radical (unpaired) electrons. The Balaban J connectivity index is 1.73. The fourth-order valence-corrected chi connectivity index (χ4v) is 3.07. The molecule has 1 atom stereocenters. The molecule has 0 fully saturated rings. The lowest BCUT2D eigenvalue weighted by atomic mass is 10.0. The minimum absolute atomic E-state index is 0.0994. The fourth-order valence-electron chi connectivity index (χ4n) is 3.07. The zero-order valence-electron chi connectivity index (χ0n) is 14.4. The third kappa shape index (κ3) is 3.24. The van der Waals surface area contributed by atoms with Crippen molar-refractivity contribution < 1.29 is 9.15 Å². The van der Waals surface area contributed by atoms with Crippen molar-refractivity contribution in [3.8, 4) is 16.9 Å². The van der Waals surface area contributed by atoms with Gasteiger partial charge < -0.3 is 9.15 Å². The predicted molar refractivity (Wildman–Crippen MR) is 103 cm³/mol. The van der Waals surface area contributed by atoms with Crippen LogP contribution in [0, 0.1) is 0 Å². The van der Waals surface area contributed by atoms with E-state index in [0.29, 0.717) is 11.3 Å². The van der Waals surface area contributed by atoms with Crippen LogP contribution in [0.5, 0.6) is 5.75 Å². The Kier molecular flexibility index (Phi) is 4.28. The van der Waals surface area contributed by atoms with Crippen LogP contribution in [0.2, 0.25) is 0 Å². The van der Waals surface area contributed by atoms with Gasteiger partial charge in [-0.25, -0.2) is 4.79 Å². The summed E-state index contributed by atoms with van der Waals surface area (Å²) in [6.45, 7) is 2.00. The average Bonchev–Trinajstić information content (AvgIpc) is 2.68. The van der Waals surface area contributed by atoms with Gasteiger partial charge in [-0.3, -0.25) is 0 Å². The van der Waals surface area contributed by atoms with E-state index in [1.54, 1.807) is 6.07 Å². The summed E-state index contributed by atoms with van der Waals surface area (Å²) in [5, 5.41) is 0.885. The van der Waals surface area contributed by atoms with E-state index in [1.807, 2.05) is 79.7 Å². The zero-order valence-corrected chi connectivity index (χ0v) is 14.4. The average molecular weight is 342 g/mol.